The van der Waals surface area contributed by atoms with Gasteiger partial charge in [0.2, 0.25) is 0 Å². The summed E-state index contributed by atoms with van der Waals surface area (Å²) in [6, 6.07) is 6.27. The van der Waals surface area contributed by atoms with E-state index >= 15 is 0 Å². The largest absolute Gasteiger partial charge is 0.328 e. The fourth-order valence-electron chi connectivity index (χ4n) is 1.60. The van der Waals surface area contributed by atoms with Crippen molar-refractivity contribution < 1.29 is 4.92 Å². The van der Waals surface area contributed by atoms with Crippen molar-refractivity contribution in [1.82, 2.24) is 9.13 Å². The lowest BCUT2D eigenvalue weighted by molar-refractivity contribution is -0.384. The number of hydrogen-bond donors (Lipinski definition) is 0. The molecule has 0 saturated heterocycles. The van der Waals surface area contributed by atoms with E-state index in [2.05, 4.69) is 0 Å². The van der Waals surface area contributed by atoms with Gasteiger partial charge in [-0.3, -0.25) is 14.7 Å². The highest BCUT2D eigenvalue weighted by Crippen LogP contribution is 2.13. The zero-order valence-electron chi connectivity index (χ0n) is 9.24. The van der Waals surface area contributed by atoms with Crippen LogP contribution in [0.3, 0.4) is 0 Å². The van der Waals surface area contributed by atoms with Crippen molar-refractivity contribution >= 4 is 5.69 Å². The summed E-state index contributed by atoms with van der Waals surface area (Å²) in [5, 5.41) is 10.6. The Morgan fingerprint density at radius 1 is 1.35 bits per heavy atom. The number of imidazole rings is 1. The lowest BCUT2D eigenvalue weighted by Gasteiger charge is -2.01. The molecular weight excluding hydrogens is 222 g/mol. The molecule has 17 heavy (non-hydrogen) atoms. The van der Waals surface area contributed by atoms with E-state index in [1.165, 1.54) is 21.3 Å². The third-order valence-electron chi connectivity index (χ3n) is 2.49. The highest BCUT2D eigenvalue weighted by molar-refractivity contribution is 5.34. The Hall–Kier alpha value is -2.37. The van der Waals surface area contributed by atoms with Crippen molar-refractivity contribution in [2.75, 3.05) is 0 Å². The quantitative estimate of drug-likeness (QED) is 0.589. The molecule has 0 aliphatic rings. The van der Waals surface area contributed by atoms with Crippen molar-refractivity contribution in [2.45, 2.75) is 6.54 Å². The van der Waals surface area contributed by atoms with Crippen molar-refractivity contribution in [1.29, 1.82) is 0 Å². The van der Waals surface area contributed by atoms with Gasteiger partial charge in [-0.05, 0) is 5.56 Å². The van der Waals surface area contributed by atoms with Crippen LogP contribution in [0.2, 0.25) is 0 Å². The van der Waals surface area contributed by atoms with Gasteiger partial charge in [0.15, 0.2) is 0 Å². The van der Waals surface area contributed by atoms with Gasteiger partial charge >= 0.3 is 5.69 Å². The second-order valence-corrected chi connectivity index (χ2v) is 3.75. The first-order chi connectivity index (χ1) is 8.08. The Morgan fingerprint density at radius 3 is 2.71 bits per heavy atom. The van der Waals surface area contributed by atoms with Gasteiger partial charge in [0.1, 0.15) is 0 Å². The minimum absolute atomic E-state index is 0.0338. The number of nitrogens with zero attached hydrogens (tertiary/aromatic N) is 3. The summed E-state index contributed by atoms with van der Waals surface area (Å²) in [5.74, 6) is 0. The number of hydrogen-bond acceptors (Lipinski definition) is 3. The van der Waals surface area contributed by atoms with Crippen LogP contribution in [0.15, 0.2) is 41.5 Å². The number of nitro groups is 1. The van der Waals surface area contributed by atoms with Crippen molar-refractivity contribution in [3.05, 3.63) is 62.8 Å². The summed E-state index contributed by atoms with van der Waals surface area (Å²) in [4.78, 5) is 21.7. The van der Waals surface area contributed by atoms with Gasteiger partial charge in [-0.25, -0.2) is 4.79 Å². The SMILES string of the molecule is Cn1ccn(Cc2cccc([N+](=O)[O-])c2)c1=O. The average Bonchev–Trinajstić information content (AvgIpc) is 2.61. The summed E-state index contributed by atoms with van der Waals surface area (Å²) in [6.07, 6.45) is 3.31. The zero-order chi connectivity index (χ0) is 12.4. The van der Waals surface area contributed by atoms with Gasteiger partial charge in [0, 0.05) is 31.6 Å². The highest BCUT2D eigenvalue weighted by atomic mass is 16.6. The van der Waals surface area contributed by atoms with Gasteiger partial charge in [-0.2, -0.15) is 0 Å². The van der Waals surface area contributed by atoms with E-state index in [4.69, 9.17) is 0 Å². The van der Waals surface area contributed by atoms with E-state index in [9.17, 15) is 14.9 Å². The monoisotopic (exact) mass is 233 g/mol. The van der Waals surface area contributed by atoms with Crippen molar-refractivity contribution in [3.63, 3.8) is 0 Å². The smallest absolute Gasteiger partial charge is 0.302 e. The van der Waals surface area contributed by atoms with Crippen LogP contribution >= 0.6 is 0 Å². The summed E-state index contributed by atoms with van der Waals surface area (Å²) in [5.41, 5.74) is 0.621. The predicted molar refractivity (Wildman–Crippen MR) is 61.9 cm³/mol. The molecule has 2 rings (SSSR count). The van der Waals surface area contributed by atoms with E-state index in [1.54, 1.807) is 31.6 Å². The fourth-order valence-corrected chi connectivity index (χ4v) is 1.60. The first-order valence-corrected chi connectivity index (χ1v) is 5.03. The molecule has 0 unspecified atom stereocenters. The van der Waals surface area contributed by atoms with Gasteiger partial charge in [0.25, 0.3) is 5.69 Å². The third kappa shape index (κ3) is 2.25. The van der Waals surface area contributed by atoms with Crippen molar-refractivity contribution in [3.8, 4) is 0 Å². The number of benzene rings is 1. The minimum atomic E-state index is -0.447. The second-order valence-electron chi connectivity index (χ2n) is 3.75. The second kappa shape index (κ2) is 4.25. The summed E-state index contributed by atoms with van der Waals surface area (Å²) in [6.45, 7) is 0.335. The molecule has 1 aromatic heterocycles. The lowest BCUT2D eigenvalue weighted by Crippen LogP contribution is -2.22. The Bertz CT molecular complexity index is 612. The summed E-state index contributed by atoms with van der Waals surface area (Å²) >= 11 is 0. The maximum atomic E-state index is 11.6. The molecule has 0 amide bonds. The molecule has 2 aromatic rings. The summed E-state index contributed by atoms with van der Waals surface area (Å²) < 4.78 is 2.95. The average molecular weight is 233 g/mol. The van der Waals surface area contributed by atoms with Crippen molar-refractivity contribution in [2.24, 2.45) is 7.05 Å². The topological polar surface area (TPSA) is 70.1 Å². The molecule has 1 aromatic carbocycles. The van der Waals surface area contributed by atoms with Crippen LogP contribution in [0.1, 0.15) is 5.56 Å². The highest BCUT2D eigenvalue weighted by Gasteiger charge is 2.07. The molecule has 0 aliphatic carbocycles. The zero-order valence-corrected chi connectivity index (χ0v) is 9.24. The van der Waals surface area contributed by atoms with Gasteiger partial charge < -0.3 is 4.57 Å². The molecule has 6 heteroatoms. The molecule has 1 heterocycles. The lowest BCUT2D eigenvalue weighted by atomic mass is 10.2. The Kier molecular flexibility index (Phi) is 2.78. The third-order valence-corrected chi connectivity index (χ3v) is 2.49. The van der Waals surface area contributed by atoms with Gasteiger partial charge in [-0.15, -0.1) is 0 Å². The van der Waals surface area contributed by atoms with Crippen LogP contribution < -0.4 is 5.69 Å². The normalized spacial score (nSPS) is 10.4. The Labute approximate surface area is 96.9 Å². The van der Waals surface area contributed by atoms with E-state index < -0.39 is 4.92 Å². The van der Waals surface area contributed by atoms with Gasteiger partial charge in [0.05, 0.1) is 11.5 Å². The molecule has 88 valence electrons. The van der Waals surface area contributed by atoms with E-state index in [1.807, 2.05) is 0 Å². The first-order valence-electron chi connectivity index (χ1n) is 5.03. The van der Waals surface area contributed by atoms with E-state index in [0.717, 1.165) is 5.56 Å². The molecule has 6 nitrogen and oxygen atoms in total. The predicted octanol–water partition coefficient (Wildman–Crippen LogP) is 1.14. The van der Waals surface area contributed by atoms with Crippen LogP contribution in [0.4, 0.5) is 5.69 Å². The molecule has 0 N–H and O–H groups in total. The first kappa shape index (κ1) is 11.1. The Morgan fingerprint density at radius 2 is 2.12 bits per heavy atom. The van der Waals surface area contributed by atoms with Crippen LogP contribution in [0, 0.1) is 10.1 Å². The number of nitro benzene ring substituents is 1. The van der Waals surface area contributed by atoms with Crippen LogP contribution in [0.25, 0.3) is 0 Å². The van der Waals surface area contributed by atoms with E-state index in [-0.39, 0.29) is 11.4 Å². The molecule has 0 spiro atoms. The molecule has 0 atom stereocenters. The van der Waals surface area contributed by atoms with Crippen LogP contribution in [-0.2, 0) is 13.6 Å². The number of rotatable bonds is 3. The van der Waals surface area contributed by atoms with Crippen LogP contribution in [-0.4, -0.2) is 14.1 Å². The molecule has 0 saturated carbocycles. The number of non-ortho nitro benzene ring substituents is 1. The van der Waals surface area contributed by atoms with Crippen LogP contribution in [0.5, 0.6) is 0 Å². The molecule has 0 fully saturated rings. The molecule has 0 bridgehead atoms. The summed E-state index contributed by atoms with van der Waals surface area (Å²) in [7, 11) is 1.66. The fraction of sp³-hybridized carbons (Fsp3) is 0.182. The maximum absolute atomic E-state index is 11.6. The Balaban J connectivity index is 2.30. The molecular formula is C11H11N3O3. The number of aromatic nitrogens is 2. The molecule has 0 aliphatic heterocycles. The maximum Gasteiger partial charge on any atom is 0.328 e. The van der Waals surface area contributed by atoms with Gasteiger partial charge in [-0.1, -0.05) is 12.1 Å². The molecule has 0 radical (unpaired) electrons. The standard InChI is InChI=1S/C11H11N3O3/c1-12-5-6-13(11(12)15)8-9-3-2-4-10(7-9)14(16)17/h2-7H,8H2,1H3. The number of aryl methyl sites for hydroxylation is 1. The van der Waals surface area contributed by atoms with E-state index in [0.29, 0.717) is 6.54 Å². The minimum Gasteiger partial charge on any atom is -0.302 e.